The van der Waals surface area contributed by atoms with Crippen molar-refractivity contribution in [1.29, 1.82) is 0 Å². The summed E-state index contributed by atoms with van der Waals surface area (Å²) in [5.74, 6) is 1.26. The number of anilines is 1. The molecule has 5 nitrogen and oxygen atoms in total. The highest BCUT2D eigenvalue weighted by atomic mass is 32.2. The Morgan fingerprint density at radius 2 is 1.72 bits per heavy atom. The SMILES string of the molecule is COc1ccc(OCCS(=O)(=O)Nc2cccc3c2CCCC3)cc1. The molecule has 0 heterocycles. The second-order valence-corrected chi connectivity index (χ2v) is 7.94. The van der Waals surface area contributed by atoms with Crippen LogP contribution in [0.2, 0.25) is 0 Å². The van der Waals surface area contributed by atoms with Gasteiger partial charge in [0.05, 0.1) is 12.8 Å². The van der Waals surface area contributed by atoms with Crippen molar-refractivity contribution >= 4 is 15.7 Å². The Balaban J connectivity index is 1.59. The van der Waals surface area contributed by atoms with Crippen molar-refractivity contribution in [3.05, 3.63) is 53.6 Å². The highest BCUT2D eigenvalue weighted by Gasteiger charge is 2.17. The average Bonchev–Trinajstić information content (AvgIpc) is 2.62. The minimum absolute atomic E-state index is 0.0939. The van der Waals surface area contributed by atoms with Crippen LogP contribution in [-0.4, -0.2) is 27.9 Å². The van der Waals surface area contributed by atoms with Crippen molar-refractivity contribution in [2.45, 2.75) is 25.7 Å². The second kappa shape index (κ2) is 7.78. The molecule has 1 aliphatic rings. The smallest absolute Gasteiger partial charge is 0.236 e. The van der Waals surface area contributed by atoms with Crippen LogP contribution in [0.5, 0.6) is 11.5 Å². The molecule has 0 aliphatic heterocycles. The molecular formula is C19H23NO4S. The maximum atomic E-state index is 12.4. The maximum Gasteiger partial charge on any atom is 0.236 e. The number of sulfonamides is 1. The number of hydrogen-bond donors (Lipinski definition) is 1. The number of methoxy groups -OCH3 is 1. The molecule has 0 aromatic heterocycles. The van der Waals surface area contributed by atoms with Gasteiger partial charge in [-0.2, -0.15) is 0 Å². The summed E-state index contributed by atoms with van der Waals surface area (Å²) in [4.78, 5) is 0. The Bertz CT molecular complexity index is 816. The Morgan fingerprint density at radius 1 is 1.00 bits per heavy atom. The number of ether oxygens (including phenoxy) is 2. The molecule has 0 atom stereocenters. The molecule has 2 aromatic carbocycles. The molecule has 1 N–H and O–H groups in total. The first-order valence-corrected chi connectivity index (χ1v) is 10.1. The molecular weight excluding hydrogens is 338 g/mol. The molecule has 2 aromatic rings. The van der Waals surface area contributed by atoms with Crippen LogP contribution in [0.1, 0.15) is 24.0 Å². The third kappa shape index (κ3) is 4.66. The van der Waals surface area contributed by atoms with Crippen molar-refractivity contribution in [1.82, 2.24) is 0 Å². The van der Waals surface area contributed by atoms with Crippen molar-refractivity contribution in [2.75, 3.05) is 24.2 Å². The van der Waals surface area contributed by atoms with E-state index in [1.807, 2.05) is 12.1 Å². The molecule has 134 valence electrons. The van der Waals surface area contributed by atoms with Gasteiger partial charge in [-0.25, -0.2) is 8.42 Å². The fraction of sp³-hybridized carbons (Fsp3) is 0.368. The molecule has 0 amide bonds. The van der Waals surface area contributed by atoms with Gasteiger partial charge in [0.25, 0.3) is 0 Å². The predicted molar refractivity (Wildman–Crippen MR) is 99.0 cm³/mol. The minimum Gasteiger partial charge on any atom is -0.497 e. The Morgan fingerprint density at radius 3 is 2.48 bits per heavy atom. The summed E-state index contributed by atoms with van der Waals surface area (Å²) in [6.45, 7) is 0.0939. The standard InChI is InChI=1S/C19H23NO4S/c1-23-16-9-11-17(12-10-16)24-13-14-25(21,22)20-19-8-4-6-15-5-2-3-7-18(15)19/h4,6,8-12,20H,2-3,5,7,13-14H2,1H3. The number of benzene rings is 2. The lowest BCUT2D eigenvalue weighted by Crippen LogP contribution is -2.22. The van der Waals surface area contributed by atoms with E-state index in [-0.39, 0.29) is 12.4 Å². The summed E-state index contributed by atoms with van der Waals surface area (Å²) >= 11 is 0. The van der Waals surface area contributed by atoms with E-state index < -0.39 is 10.0 Å². The molecule has 0 spiro atoms. The van der Waals surface area contributed by atoms with Gasteiger partial charge in [0.15, 0.2) is 0 Å². The third-order valence-electron chi connectivity index (χ3n) is 4.34. The van der Waals surface area contributed by atoms with E-state index >= 15 is 0 Å². The zero-order valence-electron chi connectivity index (χ0n) is 14.3. The normalized spacial score (nSPS) is 13.8. The van der Waals surface area contributed by atoms with Crippen LogP contribution in [0.4, 0.5) is 5.69 Å². The lowest BCUT2D eigenvalue weighted by molar-refractivity contribution is 0.340. The molecule has 0 bridgehead atoms. The van der Waals surface area contributed by atoms with Crippen LogP contribution < -0.4 is 14.2 Å². The molecule has 0 fully saturated rings. The van der Waals surface area contributed by atoms with Gasteiger partial charge in [-0.1, -0.05) is 12.1 Å². The van der Waals surface area contributed by atoms with E-state index in [0.717, 1.165) is 30.6 Å². The van der Waals surface area contributed by atoms with E-state index in [1.54, 1.807) is 31.4 Å². The lowest BCUT2D eigenvalue weighted by Gasteiger charge is -2.20. The Kier molecular flexibility index (Phi) is 5.48. The largest absolute Gasteiger partial charge is 0.497 e. The van der Waals surface area contributed by atoms with Crippen molar-refractivity contribution in [3.8, 4) is 11.5 Å². The number of fused-ring (bicyclic) bond motifs is 1. The summed E-state index contributed by atoms with van der Waals surface area (Å²) in [5.41, 5.74) is 3.09. The highest BCUT2D eigenvalue weighted by molar-refractivity contribution is 7.92. The lowest BCUT2D eigenvalue weighted by atomic mass is 9.91. The summed E-state index contributed by atoms with van der Waals surface area (Å²) in [7, 11) is -1.86. The first kappa shape index (κ1) is 17.6. The van der Waals surface area contributed by atoms with Crippen molar-refractivity contribution in [3.63, 3.8) is 0 Å². The van der Waals surface area contributed by atoms with Gasteiger partial charge in [-0.05, 0) is 67.1 Å². The zero-order chi connectivity index (χ0) is 17.7. The molecule has 25 heavy (non-hydrogen) atoms. The average molecular weight is 361 g/mol. The monoisotopic (exact) mass is 361 g/mol. The number of nitrogens with one attached hydrogen (secondary N) is 1. The van der Waals surface area contributed by atoms with Crippen molar-refractivity contribution in [2.24, 2.45) is 0 Å². The molecule has 6 heteroatoms. The number of aryl methyl sites for hydroxylation is 1. The summed E-state index contributed by atoms with van der Waals surface area (Å²) in [6, 6.07) is 12.9. The van der Waals surface area contributed by atoms with E-state index in [2.05, 4.69) is 10.8 Å². The van der Waals surface area contributed by atoms with E-state index in [9.17, 15) is 8.42 Å². The van der Waals surface area contributed by atoms with E-state index in [1.165, 1.54) is 12.0 Å². The van der Waals surface area contributed by atoms with Crippen molar-refractivity contribution < 1.29 is 17.9 Å². The molecule has 0 saturated carbocycles. The Hall–Kier alpha value is -2.21. The van der Waals surface area contributed by atoms with E-state index in [0.29, 0.717) is 11.4 Å². The van der Waals surface area contributed by atoms with Gasteiger partial charge in [-0.3, -0.25) is 4.72 Å². The summed E-state index contributed by atoms with van der Waals surface area (Å²) < 4.78 is 38.0. The summed E-state index contributed by atoms with van der Waals surface area (Å²) in [6.07, 6.45) is 4.22. The van der Waals surface area contributed by atoms with Crippen LogP contribution in [-0.2, 0) is 22.9 Å². The van der Waals surface area contributed by atoms with Gasteiger partial charge in [0, 0.05) is 0 Å². The second-order valence-electron chi connectivity index (χ2n) is 6.10. The van der Waals surface area contributed by atoms with Gasteiger partial charge in [0.1, 0.15) is 23.9 Å². The van der Waals surface area contributed by atoms with Gasteiger partial charge in [0.2, 0.25) is 10.0 Å². The quantitative estimate of drug-likeness (QED) is 0.821. The van der Waals surface area contributed by atoms with Gasteiger partial charge in [-0.15, -0.1) is 0 Å². The minimum atomic E-state index is -3.45. The fourth-order valence-electron chi connectivity index (χ4n) is 3.04. The first-order valence-electron chi connectivity index (χ1n) is 8.45. The van der Waals surface area contributed by atoms with Crippen LogP contribution in [0.25, 0.3) is 0 Å². The first-order chi connectivity index (χ1) is 12.1. The molecule has 3 rings (SSSR count). The van der Waals surface area contributed by atoms with Crippen LogP contribution in [0, 0.1) is 0 Å². The fourth-order valence-corrected chi connectivity index (χ4v) is 3.97. The predicted octanol–water partition coefficient (Wildman–Crippen LogP) is 3.39. The molecule has 0 saturated heterocycles. The number of hydrogen-bond acceptors (Lipinski definition) is 4. The Labute approximate surface area is 149 Å². The molecule has 1 aliphatic carbocycles. The van der Waals surface area contributed by atoms with Gasteiger partial charge < -0.3 is 9.47 Å². The number of rotatable bonds is 7. The van der Waals surface area contributed by atoms with Crippen LogP contribution in [0.3, 0.4) is 0 Å². The molecule has 0 radical (unpaired) electrons. The third-order valence-corrected chi connectivity index (χ3v) is 5.58. The van der Waals surface area contributed by atoms with Crippen LogP contribution >= 0.6 is 0 Å². The molecule has 0 unspecified atom stereocenters. The zero-order valence-corrected chi connectivity index (χ0v) is 15.1. The van der Waals surface area contributed by atoms with Gasteiger partial charge >= 0.3 is 0 Å². The van der Waals surface area contributed by atoms with E-state index in [4.69, 9.17) is 9.47 Å². The highest BCUT2D eigenvalue weighted by Crippen LogP contribution is 2.28. The topological polar surface area (TPSA) is 64.6 Å². The maximum absolute atomic E-state index is 12.4. The van der Waals surface area contributed by atoms with Crippen LogP contribution in [0.15, 0.2) is 42.5 Å². The summed E-state index contributed by atoms with van der Waals surface area (Å²) in [5, 5.41) is 0.